The molecule has 1 saturated heterocycles. The monoisotopic (exact) mass is 509 g/mol. The number of hydrogen-bond acceptors (Lipinski definition) is 4. The number of hydrogen-bond donors (Lipinski definition) is 0. The normalized spacial score (nSPS) is 17.8. The summed E-state index contributed by atoms with van der Waals surface area (Å²) in [5.41, 5.74) is 4.02. The molecule has 0 spiro atoms. The van der Waals surface area contributed by atoms with Gasteiger partial charge in [0.1, 0.15) is 0 Å². The molecule has 3 aromatic rings. The molecular weight excluding hydrogens is 482 g/mol. The molecule has 182 valence electrons. The van der Waals surface area contributed by atoms with Crippen LogP contribution in [0.15, 0.2) is 77.7 Å². The molecule has 35 heavy (non-hydrogen) atoms. The van der Waals surface area contributed by atoms with E-state index in [1.807, 2.05) is 42.5 Å². The minimum atomic E-state index is -3.62. The predicted octanol–water partition coefficient (Wildman–Crippen LogP) is 4.34. The maximum atomic E-state index is 13.5. The third-order valence-electron chi connectivity index (χ3n) is 6.90. The van der Waals surface area contributed by atoms with Gasteiger partial charge in [-0.15, -0.1) is 0 Å². The summed E-state index contributed by atoms with van der Waals surface area (Å²) in [6.45, 7) is 4.19. The fourth-order valence-electron chi connectivity index (χ4n) is 5.11. The molecule has 0 aromatic heterocycles. The topological polar surface area (TPSA) is 60.9 Å². The van der Waals surface area contributed by atoms with Crippen LogP contribution in [0.3, 0.4) is 0 Å². The number of benzene rings is 3. The summed E-state index contributed by atoms with van der Waals surface area (Å²) in [5, 5.41) is 0.692. The zero-order valence-corrected chi connectivity index (χ0v) is 21.2. The molecule has 1 amide bonds. The highest BCUT2D eigenvalue weighted by Crippen LogP contribution is 2.33. The van der Waals surface area contributed by atoms with E-state index < -0.39 is 10.0 Å². The van der Waals surface area contributed by atoms with Crippen LogP contribution in [0.1, 0.15) is 29.7 Å². The summed E-state index contributed by atoms with van der Waals surface area (Å²) in [7, 11) is -3.62. The molecule has 1 atom stereocenters. The Bertz CT molecular complexity index is 1320. The number of carbonyl (C=O) groups excluding carboxylic acids is 1. The van der Waals surface area contributed by atoms with E-state index in [-0.39, 0.29) is 11.9 Å². The van der Waals surface area contributed by atoms with Crippen molar-refractivity contribution >= 4 is 33.2 Å². The Morgan fingerprint density at radius 1 is 0.857 bits per heavy atom. The second-order valence-corrected chi connectivity index (χ2v) is 11.4. The molecule has 3 aromatic carbocycles. The summed E-state index contributed by atoms with van der Waals surface area (Å²) >= 11 is 6.13. The maximum absolute atomic E-state index is 13.5. The summed E-state index contributed by atoms with van der Waals surface area (Å²) in [5.74, 6) is -0.0239. The first kappa shape index (κ1) is 24.0. The Kier molecular flexibility index (Phi) is 6.68. The Morgan fingerprint density at radius 2 is 1.51 bits per heavy atom. The van der Waals surface area contributed by atoms with Gasteiger partial charge >= 0.3 is 0 Å². The van der Waals surface area contributed by atoms with Gasteiger partial charge in [-0.3, -0.25) is 9.69 Å². The largest absolute Gasteiger partial charge is 0.312 e. The average Bonchev–Trinajstić information content (AvgIpc) is 3.30. The van der Waals surface area contributed by atoms with Crippen LogP contribution in [0.4, 0.5) is 5.69 Å². The molecule has 0 bridgehead atoms. The van der Waals surface area contributed by atoms with Crippen LogP contribution in [-0.4, -0.2) is 56.3 Å². The summed E-state index contributed by atoms with van der Waals surface area (Å²) in [4.78, 5) is 16.2. The van der Waals surface area contributed by atoms with Gasteiger partial charge in [0.25, 0.3) is 0 Å². The third kappa shape index (κ3) is 4.74. The van der Waals surface area contributed by atoms with Gasteiger partial charge in [0.05, 0.1) is 10.9 Å². The average molecular weight is 510 g/mol. The highest BCUT2D eigenvalue weighted by atomic mass is 35.5. The number of nitrogens with zero attached hydrogens (tertiary/aromatic N) is 3. The smallest absolute Gasteiger partial charge is 0.243 e. The van der Waals surface area contributed by atoms with Crippen molar-refractivity contribution in [1.29, 1.82) is 0 Å². The molecule has 1 fully saturated rings. The van der Waals surface area contributed by atoms with Gasteiger partial charge in [-0.1, -0.05) is 54.1 Å². The lowest BCUT2D eigenvalue weighted by Crippen LogP contribution is -2.49. The number of anilines is 1. The van der Waals surface area contributed by atoms with Crippen LogP contribution < -0.4 is 4.90 Å². The highest BCUT2D eigenvalue weighted by molar-refractivity contribution is 7.89. The number of carbonyl (C=O) groups is 1. The van der Waals surface area contributed by atoms with Gasteiger partial charge < -0.3 is 4.90 Å². The molecule has 0 saturated carbocycles. The Balaban J connectivity index is 1.35. The molecule has 1 unspecified atom stereocenters. The van der Waals surface area contributed by atoms with E-state index in [1.165, 1.54) is 12.5 Å². The maximum Gasteiger partial charge on any atom is 0.243 e. The van der Waals surface area contributed by atoms with E-state index in [1.54, 1.807) is 27.4 Å². The fraction of sp³-hybridized carbons (Fsp3) is 0.296. The van der Waals surface area contributed by atoms with Gasteiger partial charge in [0.15, 0.2) is 0 Å². The zero-order chi connectivity index (χ0) is 24.6. The van der Waals surface area contributed by atoms with Crippen molar-refractivity contribution in [3.8, 4) is 0 Å². The Morgan fingerprint density at radius 3 is 2.17 bits per heavy atom. The number of rotatable bonds is 5. The first-order valence-corrected chi connectivity index (χ1v) is 13.6. The van der Waals surface area contributed by atoms with Gasteiger partial charge in [0, 0.05) is 50.4 Å². The van der Waals surface area contributed by atoms with Crippen molar-refractivity contribution in [2.75, 3.05) is 37.6 Å². The van der Waals surface area contributed by atoms with Crippen LogP contribution in [-0.2, 0) is 21.2 Å². The van der Waals surface area contributed by atoms with Crippen LogP contribution in [0.25, 0.3) is 0 Å². The minimum Gasteiger partial charge on any atom is -0.312 e. The van der Waals surface area contributed by atoms with Crippen LogP contribution in [0.5, 0.6) is 0 Å². The van der Waals surface area contributed by atoms with Crippen molar-refractivity contribution in [2.24, 2.45) is 0 Å². The zero-order valence-electron chi connectivity index (χ0n) is 19.6. The van der Waals surface area contributed by atoms with Crippen LogP contribution in [0, 0.1) is 0 Å². The SMILES string of the molecule is CC(=O)N1CCc2cc(S(=O)(=O)N3CCN(C(c4ccccc4)c4ccc(Cl)cc4)CC3)ccc21. The van der Waals surface area contributed by atoms with E-state index in [9.17, 15) is 13.2 Å². The molecule has 0 N–H and O–H groups in total. The lowest BCUT2D eigenvalue weighted by molar-refractivity contribution is -0.116. The number of piperazine rings is 1. The van der Waals surface area contributed by atoms with E-state index in [0.29, 0.717) is 49.1 Å². The molecule has 6 nitrogen and oxygen atoms in total. The number of fused-ring (bicyclic) bond motifs is 1. The van der Waals surface area contributed by atoms with Crippen molar-refractivity contribution in [3.63, 3.8) is 0 Å². The van der Waals surface area contributed by atoms with Crippen molar-refractivity contribution in [2.45, 2.75) is 24.3 Å². The standard InChI is InChI=1S/C27H28ClN3O3S/c1-20(32)31-14-13-23-19-25(11-12-26(23)31)35(33,34)30-17-15-29(16-18-30)27(21-5-3-2-4-6-21)22-7-9-24(28)10-8-22/h2-12,19,27H,13-18H2,1H3. The van der Waals surface area contributed by atoms with E-state index in [4.69, 9.17) is 11.6 Å². The van der Waals surface area contributed by atoms with Gasteiger partial charge in [0.2, 0.25) is 15.9 Å². The lowest BCUT2D eigenvalue weighted by Gasteiger charge is -2.39. The first-order valence-electron chi connectivity index (χ1n) is 11.8. The van der Waals surface area contributed by atoms with E-state index in [2.05, 4.69) is 17.0 Å². The third-order valence-corrected chi connectivity index (χ3v) is 9.05. The van der Waals surface area contributed by atoms with Crippen molar-refractivity contribution < 1.29 is 13.2 Å². The van der Waals surface area contributed by atoms with Crippen LogP contribution >= 0.6 is 11.6 Å². The van der Waals surface area contributed by atoms with Gasteiger partial charge in [-0.2, -0.15) is 4.31 Å². The molecular formula is C27H28ClN3O3S. The fourth-order valence-corrected chi connectivity index (χ4v) is 6.71. The summed E-state index contributed by atoms with van der Waals surface area (Å²) < 4.78 is 28.5. The van der Waals surface area contributed by atoms with Gasteiger partial charge in [-0.25, -0.2) is 8.42 Å². The van der Waals surface area contributed by atoms with Crippen molar-refractivity contribution in [3.05, 3.63) is 94.5 Å². The van der Waals surface area contributed by atoms with Gasteiger partial charge in [-0.05, 0) is 53.4 Å². The molecule has 2 aliphatic rings. The molecule has 5 rings (SSSR count). The quantitative estimate of drug-likeness (QED) is 0.513. The second-order valence-electron chi connectivity index (χ2n) is 9.02. The number of sulfonamides is 1. The lowest BCUT2D eigenvalue weighted by atomic mass is 9.96. The molecule has 0 aliphatic carbocycles. The Hall–Kier alpha value is -2.71. The predicted molar refractivity (Wildman–Crippen MR) is 138 cm³/mol. The number of amides is 1. The molecule has 2 heterocycles. The Labute approximate surface area is 211 Å². The minimum absolute atomic E-state index is 0.0239. The van der Waals surface area contributed by atoms with E-state index >= 15 is 0 Å². The molecule has 2 aliphatic heterocycles. The van der Waals surface area contributed by atoms with Crippen molar-refractivity contribution in [1.82, 2.24) is 9.21 Å². The van der Waals surface area contributed by atoms with E-state index in [0.717, 1.165) is 16.8 Å². The summed E-state index contributed by atoms with van der Waals surface area (Å²) in [6.07, 6.45) is 0.673. The first-order chi connectivity index (χ1) is 16.8. The summed E-state index contributed by atoms with van der Waals surface area (Å²) in [6, 6.07) is 23.3. The highest BCUT2D eigenvalue weighted by Gasteiger charge is 2.33. The van der Waals surface area contributed by atoms with Crippen LogP contribution in [0.2, 0.25) is 5.02 Å². The second kappa shape index (κ2) is 9.74. The number of halogens is 1. The molecule has 0 radical (unpaired) electrons. The molecule has 8 heteroatoms.